The molecule has 18 heavy (non-hydrogen) atoms. The highest BCUT2D eigenvalue weighted by Gasteiger charge is 2.32. The van der Waals surface area contributed by atoms with Crippen molar-refractivity contribution in [2.75, 3.05) is 0 Å². The van der Waals surface area contributed by atoms with Gasteiger partial charge in [0.25, 0.3) is 0 Å². The molecule has 0 radical (unpaired) electrons. The zero-order valence-corrected chi connectivity index (χ0v) is 11.1. The first-order valence-electron chi connectivity index (χ1n) is 5.19. The van der Waals surface area contributed by atoms with E-state index in [9.17, 15) is 13.2 Å². The Labute approximate surface area is 111 Å². The molecule has 1 aromatic heterocycles. The highest BCUT2D eigenvalue weighted by molar-refractivity contribution is 9.08. The van der Waals surface area contributed by atoms with Gasteiger partial charge in [0.05, 0.1) is 17.4 Å². The van der Waals surface area contributed by atoms with Gasteiger partial charge in [-0.15, -0.1) is 0 Å². The molecule has 0 unspecified atom stereocenters. The van der Waals surface area contributed by atoms with Crippen LogP contribution in [0.2, 0.25) is 0 Å². The van der Waals surface area contributed by atoms with Crippen LogP contribution in [0.1, 0.15) is 16.7 Å². The Bertz CT molecular complexity index is 561. The zero-order valence-electron chi connectivity index (χ0n) is 9.50. The molecule has 0 saturated heterocycles. The van der Waals surface area contributed by atoms with Crippen LogP contribution in [0.3, 0.4) is 0 Å². The maximum atomic E-state index is 12.5. The van der Waals surface area contributed by atoms with Crippen LogP contribution < -0.4 is 0 Å². The second kappa shape index (κ2) is 4.76. The maximum absolute atomic E-state index is 12.5. The van der Waals surface area contributed by atoms with Gasteiger partial charge in [-0.3, -0.25) is 0 Å². The van der Waals surface area contributed by atoms with Crippen molar-refractivity contribution >= 4 is 15.9 Å². The lowest BCUT2D eigenvalue weighted by atomic mass is 10.1. The summed E-state index contributed by atoms with van der Waals surface area (Å²) in [5.41, 5.74) is 1.85. The number of hydrogen-bond donors (Lipinski definition) is 0. The number of aromatic nitrogens is 2. The van der Waals surface area contributed by atoms with Crippen molar-refractivity contribution < 1.29 is 13.2 Å². The third-order valence-corrected chi connectivity index (χ3v) is 3.14. The fraction of sp³-hybridized carbons (Fsp3) is 0.250. The quantitative estimate of drug-likeness (QED) is 0.762. The third-order valence-electron chi connectivity index (χ3n) is 2.54. The molecule has 0 N–H and O–H groups in total. The van der Waals surface area contributed by atoms with E-state index in [1.165, 1.54) is 4.68 Å². The number of hydrogen-bond acceptors (Lipinski definition) is 1. The summed E-state index contributed by atoms with van der Waals surface area (Å²) in [4.78, 5) is 0. The Balaban J connectivity index is 2.46. The number of alkyl halides is 4. The summed E-state index contributed by atoms with van der Waals surface area (Å²) in [7, 11) is 0. The summed E-state index contributed by atoms with van der Waals surface area (Å²) in [5, 5.41) is 4.33. The Morgan fingerprint density at radius 1 is 1.33 bits per heavy atom. The summed E-state index contributed by atoms with van der Waals surface area (Å²) < 4.78 is 38.8. The van der Waals surface area contributed by atoms with E-state index in [2.05, 4.69) is 21.0 Å². The molecule has 0 aliphatic rings. The molecule has 0 amide bonds. The van der Waals surface area contributed by atoms with Gasteiger partial charge in [-0.05, 0) is 18.6 Å². The minimum atomic E-state index is -4.36. The highest BCUT2D eigenvalue weighted by Crippen LogP contribution is 2.29. The van der Waals surface area contributed by atoms with Gasteiger partial charge in [-0.1, -0.05) is 33.6 Å². The van der Waals surface area contributed by atoms with E-state index in [-0.39, 0.29) is 0 Å². The van der Waals surface area contributed by atoms with Gasteiger partial charge in [0, 0.05) is 11.5 Å². The second-order valence-corrected chi connectivity index (χ2v) is 4.50. The standard InChI is InChI=1S/C12H10BrF3N2/c1-8-2-3-11(9(4-8)5-13)18-7-10(6-17-18)12(14,15)16/h2-4,6-7H,5H2,1H3. The van der Waals surface area contributed by atoms with Crippen LogP contribution in [-0.4, -0.2) is 9.78 Å². The van der Waals surface area contributed by atoms with Gasteiger partial charge in [-0.25, -0.2) is 4.68 Å². The fourth-order valence-corrected chi connectivity index (χ4v) is 2.09. The average molecular weight is 319 g/mol. The largest absolute Gasteiger partial charge is 0.419 e. The molecule has 2 rings (SSSR count). The lowest BCUT2D eigenvalue weighted by Crippen LogP contribution is -2.03. The topological polar surface area (TPSA) is 17.8 Å². The molecule has 1 aromatic carbocycles. The number of benzene rings is 1. The molecule has 96 valence electrons. The number of nitrogens with zero attached hydrogens (tertiary/aromatic N) is 2. The minimum absolute atomic E-state index is 0.561. The predicted molar refractivity (Wildman–Crippen MR) is 65.9 cm³/mol. The van der Waals surface area contributed by atoms with Crippen LogP contribution >= 0.6 is 15.9 Å². The second-order valence-electron chi connectivity index (χ2n) is 3.94. The molecule has 0 bridgehead atoms. The van der Waals surface area contributed by atoms with Crippen LogP contribution in [0.25, 0.3) is 5.69 Å². The first-order chi connectivity index (χ1) is 8.41. The van der Waals surface area contributed by atoms with Crippen molar-refractivity contribution in [3.05, 3.63) is 47.3 Å². The molecule has 0 fully saturated rings. The minimum Gasteiger partial charge on any atom is -0.240 e. The van der Waals surface area contributed by atoms with E-state index in [1.54, 1.807) is 6.07 Å². The Hall–Kier alpha value is -1.30. The van der Waals surface area contributed by atoms with Crippen LogP contribution in [0, 0.1) is 6.92 Å². The SMILES string of the molecule is Cc1ccc(-n2cc(C(F)(F)F)cn2)c(CBr)c1. The first kappa shape index (κ1) is 13.1. The molecule has 0 aliphatic heterocycles. The van der Waals surface area contributed by atoms with Gasteiger partial charge in [0.15, 0.2) is 0 Å². The maximum Gasteiger partial charge on any atom is 0.419 e. The lowest BCUT2D eigenvalue weighted by molar-refractivity contribution is -0.137. The fourth-order valence-electron chi connectivity index (χ4n) is 1.65. The molecule has 2 nitrogen and oxygen atoms in total. The van der Waals surface area contributed by atoms with Gasteiger partial charge in [0.1, 0.15) is 0 Å². The predicted octanol–water partition coefficient (Wildman–Crippen LogP) is 4.09. The Morgan fingerprint density at radius 2 is 2.06 bits per heavy atom. The Kier molecular flexibility index (Phi) is 3.47. The molecule has 6 heteroatoms. The number of halogens is 4. The third kappa shape index (κ3) is 2.58. The van der Waals surface area contributed by atoms with Crippen molar-refractivity contribution in [2.24, 2.45) is 0 Å². The van der Waals surface area contributed by atoms with Gasteiger partial charge >= 0.3 is 6.18 Å². The van der Waals surface area contributed by atoms with Crippen molar-refractivity contribution in [3.63, 3.8) is 0 Å². The van der Waals surface area contributed by atoms with E-state index in [0.717, 1.165) is 23.5 Å². The van der Waals surface area contributed by atoms with Crippen LogP contribution in [0.15, 0.2) is 30.6 Å². The first-order valence-corrected chi connectivity index (χ1v) is 6.31. The molecule has 0 atom stereocenters. The summed E-state index contributed by atoms with van der Waals surface area (Å²) in [6.07, 6.45) is -2.54. The van der Waals surface area contributed by atoms with Gasteiger partial charge < -0.3 is 0 Å². The smallest absolute Gasteiger partial charge is 0.240 e. The van der Waals surface area contributed by atoms with Gasteiger partial charge in [-0.2, -0.15) is 18.3 Å². The van der Waals surface area contributed by atoms with E-state index >= 15 is 0 Å². The average Bonchev–Trinajstić information content (AvgIpc) is 2.77. The highest BCUT2D eigenvalue weighted by atomic mass is 79.9. The molecule has 0 saturated carbocycles. The Morgan fingerprint density at radius 3 is 2.61 bits per heavy atom. The van der Waals surface area contributed by atoms with E-state index in [4.69, 9.17) is 0 Å². The molecule has 0 aliphatic carbocycles. The summed E-state index contributed by atoms with van der Waals surface area (Å²) >= 11 is 3.32. The van der Waals surface area contributed by atoms with Crippen LogP contribution in [-0.2, 0) is 11.5 Å². The van der Waals surface area contributed by atoms with Crippen molar-refractivity contribution in [3.8, 4) is 5.69 Å². The molecule has 1 heterocycles. The van der Waals surface area contributed by atoms with Crippen molar-refractivity contribution in [1.82, 2.24) is 9.78 Å². The summed E-state index contributed by atoms with van der Waals surface area (Å²) in [6, 6.07) is 5.52. The monoisotopic (exact) mass is 318 g/mol. The number of rotatable bonds is 2. The molecular weight excluding hydrogens is 309 g/mol. The van der Waals surface area contributed by atoms with E-state index in [0.29, 0.717) is 11.0 Å². The van der Waals surface area contributed by atoms with Crippen molar-refractivity contribution in [2.45, 2.75) is 18.4 Å². The summed E-state index contributed by atoms with van der Waals surface area (Å²) in [6.45, 7) is 1.93. The van der Waals surface area contributed by atoms with Crippen LogP contribution in [0.5, 0.6) is 0 Å². The summed E-state index contributed by atoms with van der Waals surface area (Å²) in [5.74, 6) is 0. The molecule has 0 spiro atoms. The van der Waals surface area contributed by atoms with Gasteiger partial charge in [0.2, 0.25) is 0 Å². The molecular formula is C12H10BrF3N2. The van der Waals surface area contributed by atoms with E-state index < -0.39 is 11.7 Å². The normalized spacial score (nSPS) is 11.8. The lowest BCUT2D eigenvalue weighted by Gasteiger charge is -2.08. The van der Waals surface area contributed by atoms with E-state index in [1.807, 2.05) is 19.1 Å². The number of aryl methyl sites for hydroxylation is 1. The van der Waals surface area contributed by atoms with Crippen LogP contribution in [0.4, 0.5) is 13.2 Å². The molecule has 2 aromatic rings. The zero-order chi connectivity index (χ0) is 13.3. The van der Waals surface area contributed by atoms with Crippen molar-refractivity contribution in [1.29, 1.82) is 0 Å².